The number of rotatable bonds is 5. The summed E-state index contributed by atoms with van der Waals surface area (Å²) in [5, 5.41) is 0. The van der Waals surface area contributed by atoms with E-state index in [2.05, 4.69) is 6.58 Å². The molecule has 1 rings (SSSR count). The van der Waals surface area contributed by atoms with Crippen LogP contribution in [-0.2, 0) is 4.74 Å². The second kappa shape index (κ2) is 6.20. The molecule has 0 amide bonds. The van der Waals surface area contributed by atoms with E-state index in [1.54, 1.807) is 0 Å². The molecule has 1 aliphatic rings. The second-order valence-corrected chi connectivity index (χ2v) is 4.51. The van der Waals surface area contributed by atoms with Gasteiger partial charge in [0.25, 0.3) is 0 Å². The minimum Gasteiger partial charge on any atom is -0.377 e. The monoisotopic (exact) mass is 197 g/mol. The molecule has 2 unspecified atom stereocenters. The molecule has 1 saturated carbocycles. The van der Waals surface area contributed by atoms with Crippen molar-refractivity contribution in [1.82, 2.24) is 0 Å². The maximum absolute atomic E-state index is 5.75. The van der Waals surface area contributed by atoms with Gasteiger partial charge in [-0.25, -0.2) is 0 Å². The topological polar surface area (TPSA) is 35.2 Å². The molecule has 0 aromatic carbocycles. The lowest BCUT2D eigenvalue weighted by molar-refractivity contribution is 0.0739. The zero-order valence-corrected chi connectivity index (χ0v) is 9.30. The number of ether oxygens (including phenoxy) is 1. The molecule has 2 heteroatoms. The van der Waals surface area contributed by atoms with Crippen LogP contribution in [0.2, 0.25) is 0 Å². The van der Waals surface area contributed by atoms with Crippen molar-refractivity contribution >= 4 is 0 Å². The second-order valence-electron chi connectivity index (χ2n) is 4.51. The Hall–Kier alpha value is -0.340. The van der Waals surface area contributed by atoms with Gasteiger partial charge in [-0.05, 0) is 38.1 Å². The van der Waals surface area contributed by atoms with Crippen LogP contribution >= 0.6 is 0 Å². The van der Waals surface area contributed by atoms with E-state index in [-0.39, 0.29) is 0 Å². The Balaban J connectivity index is 2.22. The molecule has 1 aliphatic carbocycles. The Kier molecular flexibility index (Phi) is 5.20. The smallest absolute Gasteiger partial charge is 0.0671 e. The van der Waals surface area contributed by atoms with Gasteiger partial charge < -0.3 is 10.5 Å². The first-order valence-corrected chi connectivity index (χ1v) is 5.66. The highest BCUT2D eigenvalue weighted by Crippen LogP contribution is 2.29. The van der Waals surface area contributed by atoms with Gasteiger partial charge in [-0.3, -0.25) is 0 Å². The van der Waals surface area contributed by atoms with Crippen LogP contribution in [0, 0.1) is 11.8 Å². The van der Waals surface area contributed by atoms with Gasteiger partial charge in [0, 0.05) is 0 Å². The molecule has 0 spiro atoms. The highest BCUT2D eigenvalue weighted by atomic mass is 16.5. The summed E-state index contributed by atoms with van der Waals surface area (Å²) in [5.41, 5.74) is 6.85. The van der Waals surface area contributed by atoms with Crippen LogP contribution in [0.1, 0.15) is 32.6 Å². The first-order valence-electron chi connectivity index (χ1n) is 5.66. The van der Waals surface area contributed by atoms with E-state index >= 15 is 0 Å². The van der Waals surface area contributed by atoms with Gasteiger partial charge in [0.05, 0.1) is 13.2 Å². The Morgan fingerprint density at radius 1 is 1.36 bits per heavy atom. The van der Waals surface area contributed by atoms with Crippen molar-refractivity contribution in [2.24, 2.45) is 17.6 Å². The Morgan fingerprint density at radius 3 is 2.57 bits per heavy atom. The zero-order chi connectivity index (χ0) is 10.4. The van der Waals surface area contributed by atoms with Crippen LogP contribution in [0.15, 0.2) is 12.2 Å². The van der Waals surface area contributed by atoms with Crippen molar-refractivity contribution in [1.29, 1.82) is 0 Å². The van der Waals surface area contributed by atoms with Crippen molar-refractivity contribution in [2.45, 2.75) is 32.6 Å². The summed E-state index contributed by atoms with van der Waals surface area (Å²) < 4.78 is 5.61. The third-order valence-electron chi connectivity index (χ3n) is 3.05. The normalized spacial score (nSPS) is 27.6. The minimum atomic E-state index is 0.688. The first-order chi connectivity index (χ1) is 6.74. The highest BCUT2D eigenvalue weighted by Gasteiger charge is 2.23. The molecule has 0 aromatic rings. The van der Waals surface area contributed by atoms with Gasteiger partial charge >= 0.3 is 0 Å². The molecule has 0 aromatic heterocycles. The molecule has 0 aliphatic heterocycles. The van der Waals surface area contributed by atoms with Crippen LogP contribution in [0.25, 0.3) is 0 Å². The molecule has 0 saturated heterocycles. The molecule has 0 bridgehead atoms. The summed E-state index contributed by atoms with van der Waals surface area (Å²) in [6, 6.07) is 0. The van der Waals surface area contributed by atoms with Crippen LogP contribution in [0.4, 0.5) is 0 Å². The SMILES string of the molecule is C=C(C)COCC1CCCCC1CN. The molecule has 2 nitrogen and oxygen atoms in total. The summed E-state index contributed by atoms with van der Waals surface area (Å²) in [4.78, 5) is 0. The summed E-state index contributed by atoms with van der Waals surface area (Å²) >= 11 is 0. The molecule has 1 fully saturated rings. The number of hydrogen-bond acceptors (Lipinski definition) is 2. The van der Waals surface area contributed by atoms with Gasteiger partial charge in [0.2, 0.25) is 0 Å². The van der Waals surface area contributed by atoms with Crippen LogP contribution in [0.3, 0.4) is 0 Å². The first kappa shape index (κ1) is 11.7. The molecule has 0 heterocycles. The highest BCUT2D eigenvalue weighted by molar-refractivity contribution is 4.87. The molecule has 2 N–H and O–H groups in total. The average molecular weight is 197 g/mol. The summed E-state index contributed by atoms with van der Waals surface area (Å²) in [7, 11) is 0. The number of nitrogens with two attached hydrogens (primary N) is 1. The van der Waals surface area contributed by atoms with Crippen molar-refractivity contribution in [3.63, 3.8) is 0 Å². The lowest BCUT2D eigenvalue weighted by Crippen LogP contribution is -2.30. The van der Waals surface area contributed by atoms with Gasteiger partial charge in [0.15, 0.2) is 0 Å². The zero-order valence-electron chi connectivity index (χ0n) is 9.30. The predicted molar refractivity (Wildman–Crippen MR) is 60.1 cm³/mol. The lowest BCUT2D eigenvalue weighted by atomic mass is 9.80. The maximum Gasteiger partial charge on any atom is 0.0671 e. The number of hydrogen-bond donors (Lipinski definition) is 1. The van der Waals surface area contributed by atoms with E-state index in [0.29, 0.717) is 18.4 Å². The Labute approximate surface area is 87.5 Å². The van der Waals surface area contributed by atoms with E-state index < -0.39 is 0 Å². The fourth-order valence-corrected chi connectivity index (χ4v) is 2.20. The minimum absolute atomic E-state index is 0.688. The van der Waals surface area contributed by atoms with E-state index in [4.69, 9.17) is 10.5 Å². The Bertz CT molecular complexity index is 179. The maximum atomic E-state index is 5.75. The summed E-state index contributed by atoms with van der Waals surface area (Å²) in [6.45, 7) is 8.22. The molecular weight excluding hydrogens is 174 g/mol. The quantitative estimate of drug-likeness (QED) is 0.687. The van der Waals surface area contributed by atoms with E-state index in [9.17, 15) is 0 Å². The summed E-state index contributed by atoms with van der Waals surface area (Å²) in [6.07, 6.45) is 5.27. The predicted octanol–water partition coefficient (Wildman–Crippen LogP) is 2.34. The van der Waals surface area contributed by atoms with Crippen LogP contribution < -0.4 is 5.73 Å². The third-order valence-corrected chi connectivity index (χ3v) is 3.05. The standard InChI is InChI=1S/C12H23NO/c1-10(2)8-14-9-12-6-4-3-5-11(12)7-13/h11-12H,1,3-9,13H2,2H3. The van der Waals surface area contributed by atoms with E-state index in [1.165, 1.54) is 25.7 Å². The van der Waals surface area contributed by atoms with Crippen LogP contribution in [-0.4, -0.2) is 19.8 Å². The molecule has 0 radical (unpaired) electrons. The van der Waals surface area contributed by atoms with Gasteiger partial charge in [-0.15, -0.1) is 0 Å². The fourth-order valence-electron chi connectivity index (χ4n) is 2.20. The molecular formula is C12H23NO. The van der Waals surface area contributed by atoms with Gasteiger partial charge in [-0.1, -0.05) is 25.0 Å². The largest absolute Gasteiger partial charge is 0.377 e. The van der Waals surface area contributed by atoms with Crippen molar-refractivity contribution in [3.8, 4) is 0 Å². The van der Waals surface area contributed by atoms with E-state index in [0.717, 1.165) is 18.7 Å². The fraction of sp³-hybridized carbons (Fsp3) is 0.833. The van der Waals surface area contributed by atoms with Gasteiger partial charge in [-0.2, -0.15) is 0 Å². The van der Waals surface area contributed by atoms with Crippen molar-refractivity contribution in [3.05, 3.63) is 12.2 Å². The van der Waals surface area contributed by atoms with Gasteiger partial charge in [0.1, 0.15) is 0 Å². The Morgan fingerprint density at radius 2 is 2.00 bits per heavy atom. The van der Waals surface area contributed by atoms with Crippen LogP contribution in [0.5, 0.6) is 0 Å². The average Bonchev–Trinajstić information content (AvgIpc) is 2.18. The van der Waals surface area contributed by atoms with Crippen molar-refractivity contribution < 1.29 is 4.74 Å². The van der Waals surface area contributed by atoms with Crippen molar-refractivity contribution in [2.75, 3.05) is 19.8 Å². The molecule has 82 valence electrons. The molecule has 2 atom stereocenters. The van der Waals surface area contributed by atoms with E-state index in [1.807, 2.05) is 6.92 Å². The third kappa shape index (κ3) is 3.81. The summed E-state index contributed by atoms with van der Waals surface area (Å²) in [5.74, 6) is 1.38. The molecule has 14 heavy (non-hydrogen) atoms. The lowest BCUT2D eigenvalue weighted by Gasteiger charge is -2.30.